The highest BCUT2D eigenvalue weighted by Crippen LogP contribution is 2.63. The van der Waals surface area contributed by atoms with E-state index in [2.05, 4.69) is 6.30 Å². The van der Waals surface area contributed by atoms with E-state index in [0.717, 1.165) is 6.29 Å². The van der Waals surface area contributed by atoms with Crippen LogP contribution < -0.4 is 0 Å². The van der Waals surface area contributed by atoms with E-state index in [1.807, 2.05) is 6.66 Å². The van der Waals surface area contributed by atoms with Gasteiger partial charge >= 0.3 is 0 Å². The van der Waals surface area contributed by atoms with Crippen molar-refractivity contribution in [3.63, 3.8) is 0 Å². The number of hydrogen-bond donors (Lipinski definition) is 0. The van der Waals surface area contributed by atoms with Crippen LogP contribution in [0, 0.1) is 0 Å². The molecule has 0 aliphatic carbocycles. The van der Waals surface area contributed by atoms with Crippen LogP contribution in [0.1, 0.15) is 6.42 Å². The number of rotatable bonds is 4. The third kappa shape index (κ3) is 3.29. The highest BCUT2D eigenvalue weighted by atomic mass is 32.1. The summed E-state index contributed by atoms with van der Waals surface area (Å²) < 4.78 is 11.5. The summed E-state index contributed by atoms with van der Waals surface area (Å²) in [5.74, 6) is 0. The highest BCUT2D eigenvalue weighted by molar-refractivity contribution is 8.30. The minimum absolute atomic E-state index is 0.413. The largest absolute Gasteiger partial charge is 0.303 e. The maximum absolute atomic E-state index is 11.5. The van der Waals surface area contributed by atoms with Crippen molar-refractivity contribution in [2.24, 2.45) is 0 Å². The van der Waals surface area contributed by atoms with Crippen LogP contribution in [0.5, 0.6) is 0 Å². The van der Waals surface area contributed by atoms with Crippen LogP contribution in [-0.4, -0.2) is 32.1 Å². The van der Waals surface area contributed by atoms with Crippen molar-refractivity contribution in [3.8, 4) is 0 Å². The number of hydrogen-bond acceptors (Lipinski definition) is 2. The SMILES string of the molecule is C=[P+](C)P(C)(=O)CCC=O. The fourth-order valence-electron chi connectivity index (χ4n) is 0.463. The molecular weight excluding hydrogens is 166 g/mol. The second-order valence-electron chi connectivity index (χ2n) is 2.39. The van der Waals surface area contributed by atoms with Gasteiger partial charge in [-0.15, -0.1) is 0 Å². The van der Waals surface area contributed by atoms with Gasteiger partial charge in [0.15, 0.2) is 0 Å². The minimum atomic E-state index is -2.06. The molecule has 0 aliphatic heterocycles. The Morgan fingerprint density at radius 1 is 1.70 bits per heavy atom. The van der Waals surface area contributed by atoms with Gasteiger partial charge in [-0.25, -0.2) is 0 Å². The zero-order valence-electron chi connectivity index (χ0n) is 6.41. The second kappa shape index (κ2) is 4.05. The van der Waals surface area contributed by atoms with Crippen molar-refractivity contribution in [1.29, 1.82) is 0 Å². The van der Waals surface area contributed by atoms with Crippen molar-refractivity contribution < 1.29 is 9.36 Å². The lowest BCUT2D eigenvalue weighted by Gasteiger charge is -1.99. The molecule has 4 heteroatoms. The standard InChI is InChI=1S/C6H13O2P2/c1-9(2)10(3,8)6-4-5-7/h5H,1,4,6H2,2-3H3/q+1. The molecule has 0 aliphatic rings. The van der Waals surface area contributed by atoms with E-state index in [-0.39, 0.29) is 0 Å². The maximum Gasteiger partial charge on any atom is 0.258 e. The molecular formula is C6H13O2P2+. The second-order valence-corrected chi connectivity index (χ2v) is 10.8. The van der Waals surface area contributed by atoms with Crippen LogP contribution in [0.15, 0.2) is 0 Å². The maximum atomic E-state index is 11.5. The summed E-state index contributed by atoms with van der Waals surface area (Å²) in [6, 6.07) is 0. The van der Waals surface area contributed by atoms with Gasteiger partial charge in [-0.2, -0.15) is 0 Å². The van der Waals surface area contributed by atoms with Gasteiger partial charge in [0, 0.05) is 19.2 Å². The molecule has 0 saturated heterocycles. The molecule has 0 bridgehead atoms. The van der Waals surface area contributed by atoms with E-state index in [4.69, 9.17) is 0 Å². The Bertz CT molecular complexity index is 186. The van der Waals surface area contributed by atoms with Gasteiger partial charge in [0.2, 0.25) is 0 Å². The van der Waals surface area contributed by atoms with Crippen molar-refractivity contribution >= 4 is 26.6 Å². The summed E-state index contributed by atoms with van der Waals surface area (Å²) in [5.41, 5.74) is 0. The number of carbonyl (C=O) groups is 1. The summed E-state index contributed by atoms with van der Waals surface area (Å²) in [4.78, 5) is 9.94. The average molecular weight is 179 g/mol. The fourth-order valence-corrected chi connectivity index (χ4v) is 2.76. The molecule has 0 fully saturated rings. The Morgan fingerprint density at radius 3 is 2.50 bits per heavy atom. The Morgan fingerprint density at radius 2 is 2.20 bits per heavy atom. The van der Waals surface area contributed by atoms with Crippen LogP contribution in [-0.2, 0) is 9.36 Å². The van der Waals surface area contributed by atoms with Crippen LogP contribution in [0.2, 0.25) is 0 Å². The monoisotopic (exact) mass is 179 g/mol. The third-order valence-corrected chi connectivity index (χ3v) is 8.85. The average Bonchev–Trinajstić information content (AvgIpc) is 1.84. The molecule has 2 unspecified atom stereocenters. The van der Waals surface area contributed by atoms with E-state index in [1.54, 1.807) is 6.66 Å². The molecule has 0 N–H and O–H groups in total. The van der Waals surface area contributed by atoms with E-state index in [0.29, 0.717) is 12.6 Å². The first-order chi connectivity index (χ1) is 4.50. The van der Waals surface area contributed by atoms with Crippen LogP contribution in [0.3, 0.4) is 0 Å². The van der Waals surface area contributed by atoms with Gasteiger partial charge in [0.1, 0.15) is 20.2 Å². The molecule has 2 nitrogen and oxygen atoms in total. The lowest BCUT2D eigenvalue weighted by molar-refractivity contribution is -0.107. The first kappa shape index (κ1) is 10.1. The zero-order valence-corrected chi connectivity index (χ0v) is 8.20. The topological polar surface area (TPSA) is 34.1 Å². The lowest BCUT2D eigenvalue weighted by atomic mass is 10.6. The molecule has 0 aromatic carbocycles. The van der Waals surface area contributed by atoms with Gasteiger partial charge in [0.05, 0.1) is 6.30 Å². The normalized spacial score (nSPS) is 17.6. The van der Waals surface area contributed by atoms with Crippen molar-refractivity contribution in [2.45, 2.75) is 6.42 Å². The predicted molar refractivity (Wildman–Crippen MR) is 49.0 cm³/mol. The van der Waals surface area contributed by atoms with Crippen molar-refractivity contribution in [1.82, 2.24) is 0 Å². The van der Waals surface area contributed by atoms with Gasteiger partial charge in [-0.05, 0) is 0 Å². The Kier molecular flexibility index (Phi) is 4.08. The van der Waals surface area contributed by atoms with Crippen LogP contribution >= 0.6 is 14.1 Å². The van der Waals surface area contributed by atoms with E-state index >= 15 is 0 Å². The number of carbonyl (C=O) groups excluding carboxylic acids is 1. The molecule has 2 atom stereocenters. The molecule has 0 heterocycles. The molecule has 10 heavy (non-hydrogen) atoms. The van der Waals surface area contributed by atoms with E-state index < -0.39 is 14.1 Å². The Hall–Kier alpha value is 0.0700. The van der Waals surface area contributed by atoms with Gasteiger partial charge in [-0.3, -0.25) is 4.57 Å². The molecule has 0 amide bonds. The van der Waals surface area contributed by atoms with Crippen LogP contribution in [0.25, 0.3) is 0 Å². The highest BCUT2D eigenvalue weighted by Gasteiger charge is 2.25. The van der Waals surface area contributed by atoms with Gasteiger partial charge < -0.3 is 4.79 Å². The summed E-state index contributed by atoms with van der Waals surface area (Å²) >= 11 is 0. The molecule has 0 saturated carbocycles. The lowest BCUT2D eigenvalue weighted by Crippen LogP contribution is -1.84. The van der Waals surface area contributed by atoms with Crippen LogP contribution in [0.4, 0.5) is 0 Å². The van der Waals surface area contributed by atoms with E-state index in [1.165, 1.54) is 0 Å². The molecule has 0 spiro atoms. The third-order valence-electron chi connectivity index (χ3n) is 1.38. The first-order valence-electron chi connectivity index (χ1n) is 3.05. The van der Waals surface area contributed by atoms with Gasteiger partial charge in [0.25, 0.3) is 6.83 Å². The Balaban J connectivity index is 4.00. The molecule has 0 aromatic heterocycles. The van der Waals surface area contributed by atoms with Gasteiger partial charge in [-0.1, -0.05) is 0 Å². The first-order valence-corrected chi connectivity index (χ1v) is 8.07. The smallest absolute Gasteiger partial charge is 0.258 e. The van der Waals surface area contributed by atoms with Crippen molar-refractivity contribution in [2.75, 3.05) is 19.5 Å². The Labute approximate surface area is 62.7 Å². The zero-order chi connectivity index (χ0) is 8.20. The molecule has 0 radical (unpaired) electrons. The molecule has 0 aromatic rings. The summed E-state index contributed by atoms with van der Waals surface area (Å²) in [7, 11) is -0.609. The summed E-state index contributed by atoms with van der Waals surface area (Å²) in [5, 5.41) is 0. The quantitative estimate of drug-likeness (QED) is 0.488. The molecule has 58 valence electrons. The minimum Gasteiger partial charge on any atom is -0.303 e. The fraction of sp³-hybridized carbons (Fsp3) is 0.667. The van der Waals surface area contributed by atoms with Crippen molar-refractivity contribution in [3.05, 3.63) is 0 Å². The summed E-state index contributed by atoms with van der Waals surface area (Å²) in [6.07, 6.45) is 5.51. The summed E-state index contributed by atoms with van der Waals surface area (Å²) in [6.45, 7) is 1.56. The number of aldehydes is 1. The predicted octanol–water partition coefficient (Wildman–Crippen LogP) is 2.03. The van der Waals surface area contributed by atoms with E-state index in [9.17, 15) is 9.36 Å². The molecule has 0 rings (SSSR count).